The van der Waals surface area contributed by atoms with E-state index in [0.717, 1.165) is 23.4 Å². The molecule has 2 aromatic rings. The zero-order valence-corrected chi connectivity index (χ0v) is 14.9. The fourth-order valence-corrected chi connectivity index (χ4v) is 4.44. The summed E-state index contributed by atoms with van der Waals surface area (Å²) in [5, 5.41) is 3.28. The number of nitrogens with one attached hydrogen (secondary N) is 1. The summed E-state index contributed by atoms with van der Waals surface area (Å²) in [4.78, 5) is 2.39. The Hall–Kier alpha value is -1.89. The lowest BCUT2D eigenvalue weighted by Gasteiger charge is -2.24. The van der Waals surface area contributed by atoms with Gasteiger partial charge in [0.2, 0.25) is 0 Å². The third-order valence-corrected chi connectivity index (χ3v) is 5.91. The van der Waals surface area contributed by atoms with E-state index in [4.69, 9.17) is 0 Å². The van der Waals surface area contributed by atoms with Gasteiger partial charge in [0.1, 0.15) is 0 Å². The van der Waals surface area contributed by atoms with Crippen LogP contribution >= 0.6 is 0 Å². The van der Waals surface area contributed by atoms with Crippen LogP contribution in [-0.2, 0) is 23.1 Å². The smallest absolute Gasteiger partial charge is 0.264 e. The summed E-state index contributed by atoms with van der Waals surface area (Å²) in [5.41, 5.74) is 2.86. The highest BCUT2D eigenvalue weighted by Crippen LogP contribution is 2.28. The molecule has 0 saturated carbocycles. The number of benzene rings is 2. The molecular formula is C18H23N3O2S. The molecule has 24 heavy (non-hydrogen) atoms. The van der Waals surface area contributed by atoms with E-state index in [9.17, 15) is 8.42 Å². The van der Waals surface area contributed by atoms with Crippen molar-refractivity contribution >= 4 is 15.7 Å². The molecule has 1 aliphatic rings. The molecule has 3 rings (SSSR count). The quantitative estimate of drug-likeness (QED) is 0.921. The van der Waals surface area contributed by atoms with Crippen molar-refractivity contribution in [3.8, 4) is 0 Å². The first-order valence-electron chi connectivity index (χ1n) is 8.03. The van der Waals surface area contributed by atoms with Gasteiger partial charge in [0.05, 0.1) is 10.6 Å². The van der Waals surface area contributed by atoms with Gasteiger partial charge in [-0.1, -0.05) is 30.3 Å². The van der Waals surface area contributed by atoms with Gasteiger partial charge in [-0.05, 0) is 43.4 Å². The molecule has 0 radical (unpaired) electrons. The standard InChI is InChI=1S/C18H23N3O2S/c1-20(2)14-15-7-9-17(10-8-15)24(22,23)21-12-11-19-13-16-5-3-4-6-18(16)21/h3-10,19H,11-14H2,1-2H3. The van der Waals surface area contributed by atoms with Crippen molar-refractivity contribution < 1.29 is 8.42 Å². The fraction of sp³-hybridized carbons (Fsp3) is 0.333. The number of sulfonamides is 1. The van der Waals surface area contributed by atoms with Crippen molar-refractivity contribution in [1.82, 2.24) is 10.2 Å². The van der Waals surface area contributed by atoms with Gasteiger partial charge in [-0.25, -0.2) is 8.42 Å². The van der Waals surface area contributed by atoms with E-state index in [1.54, 1.807) is 12.1 Å². The molecule has 0 atom stereocenters. The van der Waals surface area contributed by atoms with Crippen LogP contribution in [-0.4, -0.2) is 40.5 Å². The van der Waals surface area contributed by atoms with Gasteiger partial charge >= 0.3 is 0 Å². The van der Waals surface area contributed by atoms with Crippen molar-refractivity contribution in [1.29, 1.82) is 0 Å². The Kier molecular flexibility index (Phi) is 4.89. The van der Waals surface area contributed by atoms with Gasteiger partial charge in [-0.2, -0.15) is 0 Å². The first-order valence-corrected chi connectivity index (χ1v) is 9.47. The molecule has 6 heteroatoms. The normalized spacial score (nSPS) is 15.2. The lowest BCUT2D eigenvalue weighted by molar-refractivity contribution is 0.402. The second-order valence-electron chi connectivity index (χ2n) is 6.26. The number of anilines is 1. The first kappa shape index (κ1) is 17.0. The van der Waals surface area contributed by atoms with Crippen molar-refractivity contribution in [2.24, 2.45) is 0 Å². The molecule has 5 nitrogen and oxygen atoms in total. The second-order valence-corrected chi connectivity index (χ2v) is 8.13. The predicted octanol–water partition coefficient (Wildman–Crippen LogP) is 2.05. The largest absolute Gasteiger partial charge is 0.311 e. The number of hydrogen-bond acceptors (Lipinski definition) is 4. The van der Waals surface area contributed by atoms with Crippen LogP contribution in [0.1, 0.15) is 11.1 Å². The highest BCUT2D eigenvalue weighted by molar-refractivity contribution is 7.92. The number of nitrogens with zero attached hydrogens (tertiary/aromatic N) is 2. The Morgan fingerprint density at radius 1 is 1.08 bits per heavy atom. The number of rotatable bonds is 4. The Morgan fingerprint density at radius 3 is 2.50 bits per heavy atom. The maximum atomic E-state index is 13.1. The Labute approximate surface area is 144 Å². The van der Waals surface area contributed by atoms with Crippen LogP contribution in [0.2, 0.25) is 0 Å². The van der Waals surface area contributed by atoms with Crippen LogP contribution in [0.25, 0.3) is 0 Å². The zero-order valence-electron chi connectivity index (χ0n) is 14.1. The van der Waals surface area contributed by atoms with Crippen molar-refractivity contribution in [3.63, 3.8) is 0 Å². The minimum atomic E-state index is -3.56. The molecule has 0 saturated heterocycles. The van der Waals surface area contributed by atoms with Crippen LogP contribution in [0, 0.1) is 0 Å². The molecular weight excluding hydrogens is 322 g/mol. The van der Waals surface area contributed by atoms with Gasteiger partial charge in [0.15, 0.2) is 0 Å². The van der Waals surface area contributed by atoms with Gasteiger partial charge < -0.3 is 10.2 Å². The van der Waals surface area contributed by atoms with E-state index in [1.165, 1.54) is 4.31 Å². The van der Waals surface area contributed by atoms with Crippen LogP contribution in [0.4, 0.5) is 5.69 Å². The molecule has 0 unspecified atom stereocenters. The molecule has 1 N–H and O–H groups in total. The second kappa shape index (κ2) is 6.93. The summed E-state index contributed by atoms with van der Waals surface area (Å²) in [5.74, 6) is 0. The van der Waals surface area contributed by atoms with Crippen LogP contribution in [0.5, 0.6) is 0 Å². The Morgan fingerprint density at radius 2 is 1.79 bits per heavy atom. The maximum absolute atomic E-state index is 13.1. The SMILES string of the molecule is CN(C)Cc1ccc(S(=O)(=O)N2CCNCc3ccccc32)cc1. The van der Waals surface area contributed by atoms with E-state index >= 15 is 0 Å². The third kappa shape index (κ3) is 3.45. The van der Waals surface area contributed by atoms with Crippen molar-refractivity contribution in [3.05, 3.63) is 59.7 Å². The van der Waals surface area contributed by atoms with Gasteiger partial charge in [-0.3, -0.25) is 4.31 Å². The molecule has 0 fully saturated rings. The van der Waals surface area contributed by atoms with Crippen molar-refractivity contribution in [2.75, 3.05) is 31.5 Å². The van der Waals surface area contributed by atoms with Gasteiger partial charge in [-0.15, -0.1) is 0 Å². The Bertz CT molecular complexity index is 801. The average molecular weight is 345 g/mol. The van der Waals surface area contributed by atoms with Crippen LogP contribution < -0.4 is 9.62 Å². The number of hydrogen-bond donors (Lipinski definition) is 1. The summed E-state index contributed by atoms with van der Waals surface area (Å²) in [6, 6.07) is 14.8. The van der Waals surface area contributed by atoms with Crippen molar-refractivity contribution in [2.45, 2.75) is 18.0 Å². The highest BCUT2D eigenvalue weighted by Gasteiger charge is 2.27. The minimum Gasteiger partial charge on any atom is -0.311 e. The summed E-state index contributed by atoms with van der Waals surface area (Å²) < 4.78 is 27.8. The molecule has 0 spiro atoms. The molecule has 0 aromatic heterocycles. The summed E-state index contributed by atoms with van der Waals surface area (Å²) in [6.45, 7) is 2.53. The van der Waals surface area contributed by atoms with E-state index in [1.807, 2.05) is 50.5 Å². The lowest BCUT2D eigenvalue weighted by atomic mass is 10.2. The number of fused-ring (bicyclic) bond motifs is 1. The molecule has 2 aromatic carbocycles. The summed E-state index contributed by atoms with van der Waals surface area (Å²) >= 11 is 0. The third-order valence-electron chi connectivity index (χ3n) is 4.08. The topological polar surface area (TPSA) is 52.7 Å². The van der Waals surface area contributed by atoms with Crippen LogP contribution in [0.15, 0.2) is 53.4 Å². The van der Waals surface area contributed by atoms with Crippen LogP contribution in [0.3, 0.4) is 0 Å². The highest BCUT2D eigenvalue weighted by atomic mass is 32.2. The fourth-order valence-electron chi connectivity index (χ4n) is 2.94. The average Bonchev–Trinajstić information content (AvgIpc) is 2.77. The summed E-state index contributed by atoms with van der Waals surface area (Å²) in [7, 11) is 0.419. The lowest BCUT2D eigenvalue weighted by Crippen LogP contribution is -2.34. The van der Waals surface area contributed by atoms with E-state index < -0.39 is 10.0 Å². The van der Waals surface area contributed by atoms with E-state index in [0.29, 0.717) is 24.5 Å². The minimum absolute atomic E-state index is 0.335. The predicted molar refractivity (Wildman–Crippen MR) is 96.5 cm³/mol. The maximum Gasteiger partial charge on any atom is 0.264 e. The monoisotopic (exact) mass is 345 g/mol. The first-order chi connectivity index (χ1) is 11.5. The molecule has 128 valence electrons. The van der Waals surface area contributed by atoms with E-state index in [2.05, 4.69) is 10.2 Å². The molecule has 1 aliphatic heterocycles. The number of para-hydroxylation sites is 1. The molecule has 0 bridgehead atoms. The molecule has 1 heterocycles. The van der Waals surface area contributed by atoms with Gasteiger partial charge in [0.25, 0.3) is 10.0 Å². The molecule has 0 aliphatic carbocycles. The molecule has 0 amide bonds. The van der Waals surface area contributed by atoms with Gasteiger partial charge in [0, 0.05) is 26.2 Å². The Balaban J connectivity index is 1.95. The zero-order chi connectivity index (χ0) is 17.2. The summed E-state index contributed by atoms with van der Waals surface area (Å²) in [6.07, 6.45) is 0. The van der Waals surface area contributed by atoms with E-state index in [-0.39, 0.29) is 0 Å².